The minimum absolute atomic E-state index is 0.149. The van der Waals surface area contributed by atoms with Crippen molar-refractivity contribution < 1.29 is 18.8 Å². The van der Waals surface area contributed by atoms with Gasteiger partial charge < -0.3 is 14.2 Å². The number of esters is 1. The lowest BCUT2D eigenvalue weighted by molar-refractivity contribution is -0.140. The van der Waals surface area contributed by atoms with E-state index in [1.807, 2.05) is 18.7 Å². The molecule has 0 unspecified atom stereocenters. The predicted molar refractivity (Wildman–Crippen MR) is 102 cm³/mol. The molecule has 144 valence electrons. The van der Waals surface area contributed by atoms with Crippen LogP contribution in [0.5, 0.6) is 0 Å². The summed E-state index contributed by atoms with van der Waals surface area (Å²) in [5.41, 5.74) is 1.08. The van der Waals surface area contributed by atoms with E-state index < -0.39 is 5.97 Å². The highest BCUT2D eigenvalue weighted by Gasteiger charge is 2.30. The van der Waals surface area contributed by atoms with Gasteiger partial charge >= 0.3 is 5.97 Å². The van der Waals surface area contributed by atoms with Gasteiger partial charge in [0.25, 0.3) is 5.91 Å². The molecule has 0 saturated carbocycles. The maximum absolute atomic E-state index is 12.6. The Bertz CT molecular complexity index is 838. The normalized spacial score (nSPS) is 19.8. The van der Waals surface area contributed by atoms with Crippen LogP contribution in [0.1, 0.15) is 49.2 Å². The molecule has 1 aromatic heterocycles. The second-order valence-corrected chi connectivity index (χ2v) is 7.36. The molecule has 0 aliphatic carbocycles. The molecule has 7 heteroatoms. The monoisotopic (exact) mass is 390 g/mol. The molecule has 1 fully saturated rings. The highest BCUT2D eigenvalue weighted by atomic mass is 35.5. The van der Waals surface area contributed by atoms with Gasteiger partial charge in [0.1, 0.15) is 17.0 Å². The molecule has 2 aromatic rings. The Labute approximate surface area is 163 Å². The Balaban J connectivity index is 1.75. The first-order valence-electron chi connectivity index (χ1n) is 9.09. The van der Waals surface area contributed by atoms with Crippen LogP contribution in [0, 0.1) is 6.92 Å². The topological polar surface area (TPSA) is 72.6 Å². The molecule has 2 atom stereocenters. The van der Waals surface area contributed by atoms with Crippen LogP contribution in [0.15, 0.2) is 28.8 Å². The zero-order chi connectivity index (χ0) is 19.6. The van der Waals surface area contributed by atoms with E-state index >= 15 is 0 Å². The number of rotatable bonds is 4. The number of hydrogen-bond acceptors (Lipinski definition) is 5. The molecule has 3 rings (SSSR count). The molecule has 6 nitrogen and oxygen atoms in total. The van der Waals surface area contributed by atoms with Gasteiger partial charge in [-0.25, -0.2) is 4.79 Å². The summed E-state index contributed by atoms with van der Waals surface area (Å²) in [6.07, 6.45) is 3.03. The van der Waals surface area contributed by atoms with Crippen LogP contribution >= 0.6 is 11.6 Å². The number of benzene rings is 1. The average molecular weight is 391 g/mol. The second-order valence-electron chi connectivity index (χ2n) is 6.95. The quantitative estimate of drug-likeness (QED) is 0.729. The number of aromatic nitrogens is 1. The van der Waals surface area contributed by atoms with Crippen LogP contribution in [-0.4, -0.2) is 40.6 Å². The van der Waals surface area contributed by atoms with Crippen molar-refractivity contribution in [2.75, 3.05) is 6.61 Å². The molecule has 0 bridgehead atoms. The summed E-state index contributed by atoms with van der Waals surface area (Å²) in [4.78, 5) is 27.0. The van der Waals surface area contributed by atoms with Crippen molar-refractivity contribution in [3.8, 4) is 11.3 Å². The summed E-state index contributed by atoms with van der Waals surface area (Å²) >= 11 is 6.21. The van der Waals surface area contributed by atoms with E-state index in [-0.39, 0.29) is 30.2 Å². The smallest absolute Gasteiger partial charge is 0.344 e. The number of likely N-dealkylation sites (tertiary alicyclic amines) is 1. The number of hydrogen-bond donors (Lipinski definition) is 0. The third-order valence-electron chi connectivity index (χ3n) is 5.00. The summed E-state index contributed by atoms with van der Waals surface area (Å²) in [7, 11) is 0. The van der Waals surface area contributed by atoms with E-state index in [1.165, 1.54) is 0 Å². The molecule has 27 heavy (non-hydrogen) atoms. The standard InChI is InChI=1S/C20H23ClN2O4/c1-12-7-6-8-13(2)23(12)17(24)11-26-20(25)18-14(3)27-22-19(18)15-9-4-5-10-16(15)21/h4-5,9-10,12-13H,6-8,11H2,1-3H3/t12-,13-/m0/s1. The van der Waals surface area contributed by atoms with Crippen molar-refractivity contribution in [2.45, 2.75) is 52.1 Å². The van der Waals surface area contributed by atoms with Crippen molar-refractivity contribution in [2.24, 2.45) is 0 Å². The summed E-state index contributed by atoms with van der Waals surface area (Å²) in [6, 6.07) is 7.34. The zero-order valence-electron chi connectivity index (χ0n) is 15.7. The number of amides is 1. The minimum atomic E-state index is -0.644. The van der Waals surface area contributed by atoms with Gasteiger partial charge in [0.05, 0.1) is 5.02 Å². The van der Waals surface area contributed by atoms with E-state index in [0.29, 0.717) is 22.0 Å². The highest BCUT2D eigenvalue weighted by molar-refractivity contribution is 6.33. The fourth-order valence-electron chi connectivity index (χ4n) is 3.64. The first kappa shape index (κ1) is 19.4. The maximum atomic E-state index is 12.6. The van der Waals surface area contributed by atoms with Crippen molar-refractivity contribution in [3.63, 3.8) is 0 Å². The van der Waals surface area contributed by atoms with Crippen molar-refractivity contribution in [1.29, 1.82) is 0 Å². The summed E-state index contributed by atoms with van der Waals surface area (Å²) in [5, 5.41) is 4.40. The Morgan fingerprint density at radius 2 is 1.93 bits per heavy atom. The Morgan fingerprint density at radius 1 is 1.26 bits per heavy atom. The molecule has 1 aliphatic heterocycles. The molecule has 1 amide bonds. The van der Waals surface area contributed by atoms with E-state index in [1.54, 1.807) is 31.2 Å². The van der Waals surface area contributed by atoms with Crippen LogP contribution < -0.4 is 0 Å². The van der Waals surface area contributed by atoms with Crippen molar-refractivity contribution in [1.82, 2.24) is 10.1 Å². The first-order chi connectivity index (χ1) is 12.9. The highest BCUT2D eigenvalue weighted by Crippen LogP contribution is 2.31. The Hall–Kier alpha value is -2.34. The SMILES string of the molecule is Cc1onc(-c2ccccc2Cl)c1C(=O)OCC(=O)N1[C@@H](C)CCC[C@@H]1C. The predicted octanol–water partition coefficient (Wildman–Crippen LogP) is 4.25. The average Bonchev–Trinajstić information content (AvgIpc) is 3.01. The largest absolute Gasteiger partial charge is 0.452 e. The van der Waals surface area contributed by atoms with Gasteiger partial charge in [-0.05, 0) is 46.1 Å². The lowest BCUT2D eigenvalue weighted by atomic mass is 9.97. The van der Waals surface area contributed by atoms with Gasteiger partial charge in [0.15, 0.2) is 6.61 Å². The van der Waals surface area contributed by atoms with Crippen LogP contribution in [0.3, 0.4) is 0 Å². The van der Waals surface area contributed by atoms with Crippen LogP contribution in [0.4, 0.5) is 0 Å². The number of piperidine rings is 1. The lowest BCUT2D eigenvalue weighted by Gasteiger charge is -2.38. The molecule has 0 radical (unpaired) electrons. The summed E-state index contributed by atoms with van der Waals surface area (Å²) in [6.45, 7) is 5.37. The second kappa shape index (κ2) is 8.13. The van der Waals surface area contributed by atoms with E-state index in [0.717, 1.165) is 19.3 Å². The lowest BCUT2D eigenvalue weighted by Crippen LogP contribution is -2.49. The van der Waals surface area contributed by atoms with Crippen LogP contribution in [0.2, 0.25) is 5.02 Å². The molecule has 1 aliphatic rings. The maximum Gasteiger partial charge on any atom is 0.344 e. The number of halogens is 1. The minimum Gasteiger partial charge on any atom is -0.452 e. The molecule has 0 N–H and O–H groups in total. The molecular formula is C20H23ClN2O4. The third-order valence-corrected chi connectivity index (χ3v) is 5.33. The van der Waals surface area contributed by atoms with Gasteiger partial charge in [-0.2, -0.15) is 0 Å². The number of aryl methyl sites for hydroxylation is 1. The fraction of sp³-hybridized carbons (Fsp3) is 0.450. The third kappa shape index (κ3) is 4.00. The Kier molecular flexibility index (Phi) is 5.85. The zero-order valence-corrected chi connectivity index (χ0v) is 16.5. The summed E-state index contributed by atoms with van der Waals surface area (Å²) in [5.74, 6) is -0.507. The molecule has 1 saturated heterocycles. The van der Waals surface area contributed by atoms with Crippen molar-refractivity contribution >= 4 is 23.5 Å². The molecule has 0 spiro atoms. The van der Waals surface area contributed by atoms with E-state index in [9.17, 15) is 9.59 Å². The van der Waals surface area contributed by atoms with Crippen LogP contribution in [-0.2, 0) is 9.53 Å². The molecular weight excluding hydrogens is 368 g/mol. The van der Waals surface area contributed by atoms with Gasteiger partial charge in [0, 0.05) is 17.6 Å². The number of ether oxygens (including phenoxy) is 1. The van der Waals surface area contributed by atoms with Gasteiger partial charge in [-0.3, -0.25) is 4.79 Å². The number of carbonyl (C=O) groups excluding carboxylic acids is 2. The van der Waals surface area contributed by atoms with Gasteiger partial charge in [0.2, 0.25) is 0 Å². The van der Waals surface area contributed by atoms with E-state index in [2.05, 4.69) is 5.16 Å². The van der Waals surface area contributed by atoms with E-state index in [4.69, 9.17) is 20.9 Å². The number of carbonyl (C=O) groups is 2. The van der Waals surface area contributed by atoms with Gasteiger partial charge in [-0.15, -0.1) is 0 Å². The Morgan fingerprint density at radius 3 is 2.59 bits per heavy atom. The van der Waals surface area contributed by atoms with Gasteiger partial charge in [-0.1, -0.05) is 35.0 Å². The number of nitrogens with zero attached hydrogens (tertiary/aromatic N) is 2. The van der Waals surface area contributed by atoms with Crippen molar-refractivity contribution in [3.05, 3.63) is 40.6 Å². The first-order valence-corrected chi connectivity index (χ1v) is 9.47. The molecule has 1 aromatic carbocycles. The fourth-order valence-corrected chi connectivity index (χ4v) is 3.86. The summed E-state index contributed by atoms with van der Waals surface area (Å²) < 4.78 is 10.5. The van der Waals surface area contributed by atoms with Crippen LogP contribution in [0.25, 0.3) is 11.3 Å². The molecule has 2 heterocycles.